The highest BCUT2D eigenvalue weighted by Crippen LogP contribution is 2.23. The van der Waals surface area contributed by atoms with Crippen LogP contribution in [0.4, 0.5) is 0 Å². The number of ether oxygens (including phenoxy) is 3. The predicted octanol–water partition coefficient (Wildman–Crippen LogP) is 1.78. The lowest BCUT2D eigenvalue weighted by molar-refractivity contribution is -0.283. The van der Waals surface area contributed by atoms with Gasteiger partial charge in [-0.15, -0.1) is 0 Å². The van der Waals surface area contributed by atoms with E-state index < -0.39 is 11.8 Å². The molecular formula is C13H17NO4. The van der Waals surface area contributed by atoms with Crippen molar-refractivity contribution in [2.45, 2.75) is 32.2 Å². The molecule has 1 aromatic rings. The average Bonchev–Trinajstić information content (AvgIpc) is 2.42. The summed E-state index contributed by atoms with van der Waals surface area (Å²) in [4.78, 5) is 15.6. The molecule has 0 aromatic carbocycles. The van der Waals surface area contributed by atoms with Crippen molar-refractivity contribution in [2.24, 2.45) is 0 Å². The molecule has 2 rings (SSSR count). The Morgan fingerprint density at radius 2 is 2.28 bits per heavy atom. The maximum atomic E-state index is 11.8. The number of aromatic nitrogens is 1. The number of hydrogen-bond acceptors (Lipinski definition) is 5. The van der Waals surface area contributed by atoms with E-state index in [1.165, 1.54) is 6.20 Å². The Morgan fingerprint density at radius 3 is 2.83 bits per heavy atom. The van der Waals surface area contributed by atoms with Crippen LogP contribution in [0.15, 0.2) is 24.5 Å². The number of hydrogen-bond donors (Lipinski definition) is 0. The molecule has 1 aliphatic heterocycles. The summed E-state index contributed by atoms with van der Waals surface area (Å²) in [7, 11) is 0. The third kappa shape index (κ3) is 3.05. The zero-order valence-corrected chi connectivity index (χ0v) is 10.6. The standard InChI is InChI=1S/C13H17NO4/c1-3-13(2)16-8-11(9-17-13)18-12(15)10-5-4-6-14-7-10/h4-7,11H,3,8-9H2,1-2H3. The van der Waals surface area contributed by atoms with Crippen molar-refractivity contribution in [3.05, 3.63) is 30.1 Å². The van der Waals surface area contributed by atoms with Gasteiger partial charge in [0.05, 0.1) is 18.8 Å². The van der Waals surface area contributed by atoms with E-state index in [0.29, 0.717) is 18.8 Å². The summed E-state index contributed by atoms with van der Waals surface area (Å²) in [5, 5.41) is 0. The van der Waals surface area contributed by atoms with Crippen LogP contribution < -0.4 is 0 Å². The molecule has 1 aromatic heterocycles. The van der Waals surface area contributed by atoms with Gasteiger partial charge in [0, 0.05) is 12.4 Å². The Hall–Kier alpha value is -1.46. The number of carbonyl (C=O) groups is 1. The molecule has 0 bridgehead atoms. The van der Waals surface area contributed by atoms with Crippen LogP contribution in [0.5, 0.6) is 0 Å². The molecule has 1 fully saturated rings. The summed E-state index contributed by atoms with van der Waals surface area (Å²) in [5.74, 6) is -0.961. The second-order valence-corrected chi connectivity index (χ2v) is 4.38. The van der Waals surface area contributed by atoms with Gasteiger partial charge in [-0.25, -0.2) is 4.79 Å². The molecule has 0 N–H and O–H groups in total. The van der Waals surface area contributed by atoms with Gasteiger partial charge in [0.15, 0.2) is 5.79 Å². The lowest BCUT2D eigenvalue weighted by Crippen LogP contribution is -2.45. The predicted molar refractivity (Wildman–Crippen MR) is 64.0 cm³/mol. The smallest absolute Gasteiger partial charge is 0.340 e. The van der Waals surface area contributed by atoms with Crippen LogP contribution in [-0.2, 0) is 14.2 Å². The van der Waals surface area contributed by atoms with E-state index in [9.17, 15) is 4.79 Å². The minimum absolute atomic E-state index is 0.357. The van der Waals surface area contributed by atoms with E-state index in [1.807, 2.05) is 13.8 Å². The molecule has 2 heterocycles. The molecule has 0 radical (unpaired) electrons. The minimum atomic E-state index is -0.558. The number of esters is 1. The Balaban J connectivity index is 1.87. The van der Waals surface area contributed by atoms with Gasteiger partial charge in [-0.2, -0.15) is 0 Å². The first-order valence-corrected chi connectivity index (χ1v) is 6.02. The van der Waals surface area contributed by atoms with Gasteiger partial charge in [-0.05, 0) is 25.5 Å². The summed E-state index contributed by atoms with van der Waals surface area (Å²) in [6.07, 6.45) is 3.48. The molecule has 0 unspecified atom stereocenters. The molecular weight excluding hydrogens is 234 g/mol. The van der Waals surface area contributed by atoms with E-state index >= 15 is 0 Å². The van der Waals surface area contributed by atoms with Crippen LogP contribution in [0.2, 0.25) is 0 Å². The molecule has 5 heteroatoms. The van der Waals surface area contributed by atoms with Crippen molar-refractivity contribution in [1.29, 1.82) is 0 Å². The van der Waals surface area contributed by atoms with Crippen molar-refractivity contribution in [1.82, 2.24) is 4.98 Å². The van der Waals surface area contributed by atoms with Gasteiger partial charge in [0.2, 0.25) is 0 Å². The number of rotatable bonds is 3. The summed E-state index contributed by atoms with van der Waals surface area (Å²) in [6.45, 7) is 4.58. The van der Waals surface area contributed by atoms with Gasteiger partial charge in [-0.3, -0.25) is 4.98 Å². The summed E-state index contributed by atoms with van der Waals surface area (Å²) in [5.41, 5.74) is 0.432. The lowest BCUT2D eigenvalue weighted by Gasteiger charge is -2.36. The molecule has 0 amide bonds. The van der Waals surface area contributed by atoms with Crippen LogP contribution in [0.1, 0.15) is 30.6 Å². The fourth-order valence-corrected chi connectivity index (χ4v) is 1.60. The molecule has 1 saturated heterocycles. The second kappa shape index (κ2) is 5.46. The normalized spacial score (nSPS) is 27.8. The third-order valence-corrected chi connectivity index (χ3v) is 2.96. The van der Waals surface area contributed by atoms with Gasteiger partial charge < -0.3 is 14.2 Å². The van der Waals surface area contributed by atoms with E-state index in [1.54, 1.807) is 18.3 Å². The van der Waals surface area contributed by atoms with Gasteiger partial charge in [-0.1, -0.05) is 6.92 Å². The fourth-order valence-electron chi connectivity index (χ4n) is 1.60. The Kier molecular flexibility index (Phi) is 3.93. The van der Waals surface area contributed by atoms with E-state index in [0.717, 1.165) is 6.42 Å². The first-order chi connectivity index (χ1) is 8.63. The van der Waals surface area contributed by atoms with Crippen molar-refractivity contribution < 1.29 is 19.0 Å². The summed E-state index contributed by atoms with van der Waals surface area (Å²) >= 11 is 0. The zero-order chi connectivity index (χ0) is 13.0. The largest absolute Gasteiger partial charge is 0.454 e. The number of nitrogens with zero attached hydrogens (tertiary/aromatic N) is 1. The lowest BCUT2D eigenvalue weighted by atomic mass is 10.2. The van der Waals surface area contributed by atoms with Crippen LogP contribution >= 0.6 is 0 Å². The van der Waals surface area contributed by atoms with Crippen molar-refractivity contribution in [2.75, 3.05) is 13.2 Å². The van der Waals surface area contributed by atoms with Crippen LogP contribution in [-0.4, -0.2) is 36.1 Å². The first kappa shape index (κ1) is 13.0. The first-order valence-electron chi connectivity index (χ1n) is 6.02. The van der Waals surface area contributed by atoms with E-state index in [4.69, 9.17) is 14.2 Å². The zero-order valence-electron chi connectivity index (χ0n) is 10.6. The highest BCUT2D eigenvalue weighted by molar-refractivity contribution is 5.89. The van der Waals surface area contributed by atoms with Gasteiger partial charge in [0.25, 0.3) is 0 Å². The van der Waals surface area contributed by atoms with Crippen molar-refractivity contribution in [3.8, 4) is 0 Å². The topological polar surface area (TPSA) is 57.7 Å². The second-order valence-electron chi connectivity index (χ2n) is 4.38. The van der Waals surface area contributed by atoms with Crippen LogP contribution in [0, 0.1) is 0 Å². The summed E-state index contributed by atoms with van der Waals surface area (Å²) in [6, 6.07) is 3.36. The fraction of sp³-hybridized carbons (Fsp3) is 0.538. The average molecular weight is 251 g/mol. The maximum Gasteiger partial charge on any atom is 0.340 e. The Labute approximate surface area is 106 Å². The quantitative estimate of drug-likeness (QED) is 0.766. The summed E-state index contributed by atoms with van der Waals surface area (Å²) < 4.78 is 16.4. The highest BCUT2D eigenvalue weighted by atomic mass is 16.7. The van der Waals surface area contributed by atoms with Gasteiger partial charge in [0.1, 0.15) is 6.10 Å². The number of pyridine rings is 1. The molecule has 0 aliphatic carbocycles. The molecule has 18 heavy (non-hydrogen) atoms. The molecule has 5 nitrogen and oxygen atoms in total. The molecule has 0 saturated carbocycles. The number of carbonyl (C=O) groups excluding carboxylic acids is 1. The van der Waals surface area contributed by atoms with Crippen LogP contribution in [0.25, 0.3) is 0 Å². The molecule has 0 atom stereocenters. The van der Waals surface area contributed by atoms with E-state index in [-0.39, 0.29) is 6.10 Å². The SMILES string of the molecule is CCC1(C)OCC(OC(=O)c2cccnc2)CO1. The third-order valence-electron chi connectivity index (χ3n) is 2.96. The highest BCUT2D eigenvalue weighted by Gasteiger charge is 2.33. The van der Waals surface area contributed by atoms with Crippen molar-refractivity contribution in [3.63, 3.8) is 0 Å². The molecule has 98 valence electrons. The van der Waals surface area contributed by atoms with Crippen LogP contribution in [0.3, 0.4) is 0 Å². The van der Waals surface area contributed by atoms with E-state index in [2.05, 4.69) is 4.98 Å². The van der Waals surface area contributed by atoms with Crippen molar-refractivity contribution >= 4 is 5.97 Å². The van der Waals surface area contributed by atoms with Gasteiger partial charge >= 0.3 is 5.97 Å². The molecule has 0 spiro atoms. The Bertz CT molecular complexity index is 399. The monoisotopic (exact) mass is 251 g/mol. The minimum Gasteiger partial charge on any atom is -0.454 e. The maximum absolute atomic E-state index is 11.8. The molecule has 1 aliphatic rings. The Morgan fingerprint density at radius 1 is 1.56 bits per heavy atom.